The van der Waals surface area contributed by atoms with Crippen molar-refractivity contribution in [3.63, 3.8) is 0 Å². The Morgan fingerprint density at radius 2 is 2.40 bits per heavy atom. The molecule has 2 heterocycles. The minimum Gasteiger partial charge on any atom is -0.377 e. The number of nitrogens with zero attached hydrogens (tertiary/aromatic N) is 3. The largest absolute Gasteiger partial charge is 0.377 e. The number of rotatable bonds is 2. The lowest BCUT2D eigenvalue weighted by Gasteiger charge is -2.11. The van der Waals surface area contributed by atoms with Crippen LogP contribution in [0.2, 0.25) is 0 Å². The number of thioether (sulfide) groups is 1. The summed E-state index contributed by atoms with van der Waals surface area (Å²) in [6.45, 7) is 2.89. The van der Waals surface area contributed by atoms with E-state index >= 15 is 0 Å². The van der Waals surface area contributed by atoms with Gasteiger partial charge >= 0.3 is 0 Å². The van der Waals surface area contributed by atoms with Gasteiger partial charge in [-0.2, -0.15) is 5.26 Å². The van der Waals surface area contributed by atoms with Crippen LogP contribution in [0.25, 0.3) is 0 Å². The second-order valence-electron chi connectivity index (χ2n) is 3.37. The van der Waals surface area contributed by atoms with Crippen molar-refractivity contribution < 1.29 is 4.74 Å². The molecule has 0 aliphatic carbocycles. The number of hydrogen-bond acceptors (Lipinski definition) is 5. The van der Waals surface area contributed by atoms with Crippen LogP contribution in [0.5, 0.6) is 0 Å². The van der Waals surface area contributed by atoms with E-state index in [1.807, 2.05) is 6.07 Å². The van der Waals surface area contributed by atoms with Gasteiger partial charge < -0.3 is 4.74 Å². The molecular formula is C10H11N3OS. The summed E-state index contributed by atoms with van der Waals surface area (Å²) in [6, 6.07) is 1.95. The van der Waals surface area contributed by atoms with Crippen molar-refractivity contribution in [2.75, 3.05) is 6.61 Å². The molecule has 0 N–H and O–H groups in total. The molecule has 0 spiro atoms. The zero-order chi connectivity index (χ0) is 10.7. The molecule has 0 saturated carbocycles. The zero-order valence-corrected chi connectivity index (χ0v) is 9.20. The molecule has 0 radical (unpaired) electrons. The van der Waals surface area contributed by atoms with Crippen molar-refractivity contribution in [3.05, 3.63) is 18.1 Å². The molecule has 1 aromatic heterocycles. The first kappa shape index (κ1) is 10.4. The van der Waals surface area contributed by atoms with Crippen LogP contribution in [-0.4, -0.2) is 27.9 Å². The van der Waals surface area contributed by atoms with Gasteiger partial charge in [0, 0.05) is 11.9 Å². The lowest BCUT2D eigenvalue weighted by Crippen LogP contribution is -2.13. The lowest BCUT2D eigenvalue weighted by atomic mass is 10.3. The summed E-state index contributed by atoms with van der Waals surface area (Å²) >= 11 is 1.67. The minimum absolute atomic E-state index is 0.271. The van der Waals surface area contributed by atoms with E-state index in [1.165, 1.54) is 6.20 Å². The highest BCUT2D eigenvalue weighted by Gasteiger charge is 2.25. The molecule has 2 unspecified atom stereocenters. The lowest BCUT2D eigenvalue weighted by molar-refractivity contribution is 0.127. The van der Waals surface area contributed by atoms with E-state index in [9.17, 15) is 0 Å². The molecular weight excluding hydrogens is 210 g/mol. The van der Waals surface area contributed by atoms with E-state index in [0.717, 1.165) is 18.1 Å². The molecule has 78 valence electrons. The molecule has 0 amide bonds. The van der Waals surface area contributed by atoms with Gasteiger partial charge in [0.25, 0.3) is 0 Å². The van der Waals surface area contributed by atoms with Crippen LogP contribution < -0.4 is 0 Å². The average molecular weight is 221 g/mol. The van der Waals surface area contributed by atoms with Crippen LogP contribution in [0.1, 0.15) is 19.0 Å². The van der Waals surface area contributed by atoms with Gasteiger partial charge in [-0.25, -0.2) is 9.97 Å². The highest BCUT2D eigenvalue weighted by molar-refractivity contribution is 7.99. The van der Waals surface area contributed by atoms with Gasteiger partial charge in [-0.05, 0) is 13.3 Å². The van der Waals surface area contributed by atoms with Crippen LogP contribution >= 0.6 is 11.8 Å². The number of hydrogen-bond donors (Lipinski definition) is 0. The predicted octanol–water partition coefficient (Wildman–Crippen LogP) is 1.62. The average Bonchev–Trinajstić information content (AvgIpc) is 2.66. The fraction of sp³-hybridized carbons (Fsp3) is 0.500. The first-order chi connectivity index (χ1) is 7.29. The van der Waals surface area contributed by atoms with E-state index in [-0.39, 0.29) is 6.10 Å². The van der Waals surface area contributed by atoms with Gasteiger partial charge in [0.1, 0.15) is 11.1 Å². The second kappa shape index (κ2) is 4.60. The summed E-state index contributed by atoms with van der Waals surface area (Å²) in [5.74, 6) is 0. The standard InChI is InChI=1S/C10H11N3OS/c1-7-9(2-3-14-7)15-10-6-12-8(4-11)5-13-10/h5-7,9H,2-3H2,1H3. The topological polar surface area (TPSA) is 58.8 Å². The summed E-state index contributed by atoms with van der Waals surface area (Å²) in [7, 11) is 0. The maximum atomic E-state index is 8.58. The maximum Gasteiger partial charge on any atom is 0.158 e. The SMILES string of the molecule is CC1OCCC1Sc1cnc(C#N)cn1. The smallest absolute Gasteiger partial charge is 0.158 e. The molecule has 0 bridgehead atoms. The highest BCUT2D eigenvalue weighted by Crippen LogP contribution is 2.30. The van der Waals surface area contributed by atoms with Crippen molar-refractivity contribution in [3.8, 4) is 6.07 Å². The number of ether oxygens (including phenoxy) is 1. The Labute approximate surface area is 92.7 Å². The predicted molar refractivity (Wildman–Crippen MR) is 56.4 cm³/mol. The summed E-state index contributed by atoms with van der Waals surface area (Å²) in [4.78, 5) is 8.15. The molecule has 2 rings (SSSR count). The fourth-order valence-corrected chi connectivity index (χ4v) is 2.48. The first-order valence-corrected chi connectivity index (χ1v) is 5.68. The Kier molecular flexibility index (Phi) is 3.19. The highest BCUT2D eigenvalue weighted by atomic mass is 32.2. The van der Waals surface area contributed by atoms with Gasteiger partial charge in [-0.15, -0.1) is 0 Å². The molecule has 2 atom stereocenters. The molecule has 5 heteroatoms. The Hall–Kier alpha value is -1.12. The van der Waals surface area contributed by atoms with Crippen molar-refractivity contribution in [2.45, 2.75) is 29.7 Å². The van der Waals surface area contributed by atoms with E-state index < -0.39 is 0 Å². The third-order valence-corrected chi connectivity index (χ3v) is 3.70. The zero-order valence-electron chi connectivity index (χ0n) is 8.38. The fourth-order valence-electron chi connectivity index (χ4n) is 1.46. The van der Waals surface area contributed by atoms with Crippen LogP contribution in [-0.2, 0) is 4.74 Å². The molecule has 1 saturated heterocycles. The van der Waals surface area contributed by atoms with Crippen molar-refractivity contribution in [1.82, 2.24) is 9.97 Å². The third kappa shape index (κ3) is 2.46. The van der Waals surface area contributed by atoms with E-state index in [1.54, 1.807) is 18.0 Å². The van der Waals surface area contributed by atoms with Crippen molar-refractivity contribution in [1.29, 1.82) is 5.26 Å². The molecule has 1 aliphatic rings. The van der Waals surface area contributed by atoms with E-state index in [2.05, 4.69) is 16.9 Å². The Morgan fingerprint density at radius 3 is 2.93 bits per heavy atom. The van der Waals surface area contributed by atoms with E-state index in [4.69, 9.17) is 10.00 Å². The Balaban J connectivity index is 2.02. The van der Waals surface area contributed by atoms with Crippen molar-refractivity contribution in [2.24, 2.45) is 0 Å². The van der Waals surface area contributed by atoms with Crippen molar-refractivity contribution >= 4 is 11.8 Å². The summed E-state index contributed by atoms with van der Waals surface area (Å²) < 4.78 is 5.46. The quantitative estimate of drug-likeness (QED) is 0.759. The number of nitriles is 1. The van der Waals surface area contributed by atoms with Gasteiger partial charge in [0.15, 0.2) is 5.69 Å². The molecule has 0 aromatic carbocycles. The molecule has 1 fully saturated rings. The van der Waals surface area contributed by atoms with Crippen LogP contribution in [0.3, 0.4) is 0 Å². The first-order valence-electron chi connectivity index (χ1n) is 4.80. The number of aromatic nitrogens is 2. The van der Waals surface area contributed by atoms with Crippen LogP contribution in [0.4, 0.5) is 0 Å². The third-order valence-electron chi connectivity index (χ3n) is 2.32. The minimum atomic E-state index is 0.271. The van der Waals surface area contributed by atoms with Gasteiger partial charge in [-0.3, -0.25) is 0 Å². The van der Waals surface area contributed by atoms with Crippen LogP contribution in [0, 0.1) is 11.3 Å². The Bertz CT molecular complexity index is 373. The maximum absolute atomic E-state index is 8.58. The normalized spacial score (nSPS) is 25.1. The summed E-state index contributed by atoms with van der Waals surface area (Å²) in [5.41, 5.74) is 0.357. The molecule has 1 aliphatic heterocycles. The Morgan fingerprint density at radius 1 is 1.53 bits per heavy atom. The molecule has 1 aromatic rings. The molecule has 15 heavy (non-hydrogen) atoms. The van der Waals surface area contributed by atoms with Gasteiger partial charge in [0.2, 0.25) is 0 Å². The van der Waals surface area contributed by atoms with Crippen LogP contribution in [0.15, 0.2) is 17.4 Å². The summed E-state index contributed by atoms with van der Waals surface area (Å²) in [6.07, 6.45) is 4.47. The molecule has 4 nitrogen and oxygen atoms in total. The monoisotopic (exact) mass is 221 g/mol. The summed E-state index contributed by atoms with van der Waals surface area (Å²) in [5, 5.41) is 9.88. The second-order valence-corrected chi connectivity index (χ2v) is 4.63. The van der Waals surface area contributed by atoms with Gasteiger partial charge in [0.05, 0.1) is 18.5 Å². The van der Waals surface area contributed by atoms with E-state index in [0.29, 0.717) is 10.9 Å². The van der Waals surface area contributed by atoms with Gasteiger partial charge in [-0.1, -0.05) is 11.8 Å².